The minimum Gasteiger partial charge on any atom is -0.301 e. The van der Waals surface area contributed by atoms with E-state index < -0.39 is 0 Å². The first-order chi connectivity index (χ1) is 13.5. The SMILES string of the molecule is Cc1sc2ncnc(SCC(=O)Nc3nc(-c4ccc(F)cc4)cs3)c2c1C. The first kappa shape index (κ1) is 19.0. The molecule has 142 valence electrons. The van der Waals surface area contributed by atoms with Crippen molar-refractivity contribution in [2.45, 2.75) is 18.9 Å². The van der Waals surface area contributed by atoms with Gasteiger partial charge in [-0.05, 0) is 43.7 Å². The number of carbonyl (C=O) groups excluding carboxylic acids is 1. The van der Waals surface area contributed by atoms with E-state index in [4.69, 9.17) is 0 Å². The topological polar surface area (TPSA) is 67.8 Å². The minimum atomic E-state index is -0.292. The van der Waals surface area contributed by atoms with Gasteiger partial charge < -0.3 is 5.32 Å². The number of fused-ring (bicyclic) bond motifs is 1. The number of thiophene rings is 1. The predicted octanol–water partition coefficient (Wildman–Crippen LogP) is 5.30. The van der Waals surface area contributed by atoms with Gasteiger partial charge in [-0.3, -0.25) is 4.79 Å². The van der Waals surface area contributed by atoms with Crippen molar-refractivity contribution in [1.82, 2.24) is 15.0 Å². The van der Waals surface area contributed by atoms with Crippen LogP contribution in [-0.4, -0.2) is 26.6 Å². The first-order valence-electron chi connectivity index (χ1n) is 8.36. The van der Waals surface area contributed by atoms with Gasteiger partial charge in [0.15, 0.2) is 5.13 Å². The van der Waals surface area contributed by atoms with Crippen LogP contribution in [-0.2, 0) is 4.79 Å². The van der Waals surface area contributed by atoms with E-state index in [0.29, 0.717) is 10.8 Å². The number of nitrogens with zero attached hydrogens (tertiary/aromatic N) is 3. The van der Waals surface area contributed by atoms with Crippen molar-refractivity contribution in [3.05, 3.63) is 52.2 Å². The number of hydrogen-bond acceptors (Lipinski definition) is 7. The van der Waals surface area contributed by atoms with Crippen molar-refractivity contribution in [3.8, 4) is 11.3 Å². The lowest BCUT2D eigenvalue weighted by molar-refractivity contribution is -0.113. The molecule has 0 unspecified atom stereocenters. The van der Waals surface area contributed by atoms with Gasteiger partial charge in [0.2, 0.25) is 5.91 Å². The molecule has 0 saturated heterocycles. The average molecular weight is 431 g/mol. The zero-order valence-electron chi connectivity index (χ0n) is 15.0. The second-order valence-corrected chi connectivity index (χ2v) is 9.05. The number of amides is 1. The first-order valence-corrected chi connectivity index (χ1v) is 11.0. The second-order valence-electron chi connectivity index (χ2n) is 6.02. The zero-order valence-corrected chi connectivity index (χ0v) is 17.5. The van der Waals surface area contributed by atoms with E-state index in [9.17, 15) is 9.18 Å². The van der Waals surface area contributed by atoms with E-state index in [-0.39, 0.29) is 17.5 Å². The molecule has 0 aliphatic heterocycles. The number of rotatable bonds is 5. The Balaban J connectivity index is 1.42. The van der Waals surface area contributed by atoms with E-state index in [0.717, 1.165) is 26.4 Å². The third kappa shape index (κ3) is 3.91. The highest BCUT2D eigenvalue weighted by atomic mass is 32.2. The van der Waals surface area contributed by atoms with Gasteiger partial charge in [0.05, 0.1) is 11.4 Å². The van der Waals surface area contributed by atoms with Crippen LogP contribution >= 0.6 is 34.4 Å². The van der Waals surface area contributed by atoms with Gasteiger partial charge in [-0.2, -0.15) is 0 Å². The van der Waals surface area contributed by atoms with Gasteiger partial charge in [-0.15, -0.1) is 22.7 Å². The summed E-state index contributed by atoms with van der Waals surface area (Å²) in [4.78, 5) is 27.6. The number of carbonyl (C=O) groups is 1. The Labute approximate surface area is 173 Å². The number of aromatic nitrogens is 3. The van der Waals surface area contributed by atoms with Crippen LogP contribution in [0.3, 0.4) is 0 Å². The largest absolute Gasteiger partial charge is 0.301 e. The summed E-state index contributed by atoms with van der Waals surface area (Å²) in [5, 5.41) is 7.00. The molecule has 0 fully saturated rings. The van der Waals surface area contributed by atoms with E-state index in [1.807, 2.05) is 12.3 Å². The zero-order chi connectivity index (χ0) is 19.7. The molecule has 28 heavy (non-hydrogen) atoms. The van der Waals surface area contributed by atoms with Gasteiger partial charge in [-0.25, -0.2) is 19.3 Å². The molecular weight excluding hydrogens is 415 g/mol. The molecule has 0 aliphatic rings. The molecule has 0 bridgehead atoms. The van der Waals surface area contributed by atoms with Crippen LogP contribution in [0.1, 0.15) is 10.4 Å². The summed E-state index contributed by atoms with van der Waals surface area (Å²) >= 11 is 4.36. The van der Waals surface area contributed by atoms with Crippen molar-refractivity contribution in [2.24, 2.45) is 0 Å². The van der Waals surface area contributed by atoms with Gasteiger partial charge in [-0.1, -0.05) is 11.8 Å². The lowest BCUT2D eigenvalue weighted by atomic mass is 10.2. The molecule has 4 rings (SSSR count). The highest BCUT2D eigenvalue weighted by Crippen LogP contribution is 2.34. The Kier molecular flexibility index (Phi) is 5.38. The van der Waals surface area contributed by atoms with Crippen molar-refractivity contribution >= 4 is 55.7 Å². The highest BCUT2D eigenvalue weighted by Gasteiger charge is 2.14. The number of anilines is 1. The predicted molar refractivity (Wildman–Crippen MR) is 114 cm³/mol. The summed E-state index contributed by atoms with van der Waals surface area (Å²) in [6, 6.07) is 6.11. The van der Waals surface area contributed by atoms with Gasteiger partial charge in [0, 0.05) is 21.2 Å². The van der Waals surface area contributed by atoms with Crippen LogP contribution in [0.4, 0.5) is 9.52 Å². The molecule has 0 radical (unpaired) electrons. The smallest absolute Gasteiger partial charge is 0.236 e. The van der Waals surface area contributed by atoms with Crippen molar-refractivity contribution in [3.63, 3.8) is 0 Å². The van der Waals surface area contributed by atoms with Crippen molar-refractivity contribution in [1.29, 1.82) is 0 Å². The van der Waals surface area contributed by atoms with Gasteiger partial charge in [0.25, 0.3) is 0 Å². The molecule has 3 aromatic heterocycles. The summed E-state index contributed by atoms with van der Waals surface area (Å²) in [5.74, 6) is -0.216. The normalized spacial score (nSPS) is 11.1. The van der Waals surface area contributed by atoms with Crippen LogP contribution in [0, 0.1) is 19.7 Å². The molecule has 0 atom stereocenters. The number of thiazole rings is 1. The lowest BCUT2D eigenvalue weighted by Gasteiger charge is -2.03. The van der Waals surface area contributed by atoms with E-state index in [1.165, 1.54) is 46.4 Å². The maximum Gasteiger partial charge on any atom is 0.236 e. The Bertz CT molecular complexity index is 1150. The van der Waals surface area contributed by atoms with Crippen LogP contribution in [0.5, 0.6) is 0 Å². The minimum absolute atomic E-state index is 0.152. The van der Waals surface area contributed by atoms with Crippen molar-refractivity contribution < 1.29 is 9.18 Å². The van der Waals surface area contributed by atoms with Crippen LogP contribution in [0.25, 0.3) is 21.5 Å². The monoisotopic (exact) mass is 430 g/mol. The molecule has 1 N–H and O–H groups in total. The second kappa shape index (κ2) is 7.94. The number of thioether (sulfide) groups is 1. The number of halogens is 1. The molecule has 9 heteroatoms. The average Bonchev–Trinajstić information content (AvgIpc) is 3.26. The van der Waals surface area contributed by atoms with E-state index >= 15 is 0 Å². The number of nitrogens with one attached hydrogen (secondary N) is 1. The Morgan fingerprint density at radius 1 is 1.21 bits per heavy atom. The molecular formula is C19H15FN4OS3. The molecule has 4 aromatic rings. The third-order valence-electron chi connectivity index (χ3n) is 4.16. The third-order valence-corrected chi connectivity index (χ3v) is 7.02. The quantitative estimate of drug-likeness (QED) is 0.344. The van der Waals surface area contributed by atoms with E-state index in [2.05, 4.69) is 27.2 Å². The lowest BCUT2D eigenvalue weighted by Crippen LogP contribution is -2.14. The number of hydrogen-bond donors (Lipinski definition) is 1. The number of aryl methyl sites for hydroxylation is 2. The molecule has 1 amide bonds. The molecule has 0 spiro atoms. The Morgan fingerprint density at radius 3 is 2.79 bits per heavy atom. The summed E-state index contributed by atoms with van der Waals surface area (Å²) in [5.41, 5.74) is 2.67. The van der Waals surface area contributed by atoms with Gasteiger partial charge in [0.1, 0.15) is 22.0 Å². The number of benzene rings is 1. The summed E-state index contributed by atoms with van der Waals surface area (Å²) in [6.07, 6.45) is 1.54. The standard InChI is InChI=1S/C19H15FN4OS3/c1-10-11(2)28-18-16(10)17(21-9-22-18)26-8-15(25)24-19-23-14(7-27-19)12-3-5-13(20)6-4-12/h3-7,9H,8H2,1-2H3,(H,23,24,25). The van der Waals surface area contributed by atoms with Crippen LogP contribution in [0.2, 0.25) is 0 Å². The van der Waals surface area contributed by atoms with Crippen LogP contribution in [0.15, 0.2) is 41.0 Å². The maximum absolute atomic E-state index is 13.0. The summed E-state index contributed by atoms with van der Waals surface area (Å²) in [7, 11) is 0. The fraction of sp³-hybridized carbons (Fsp3) is 0.158. The summed E-state index contributed by atoms with van der Waals surface area (Å²) < 4.78 is 13.0. The van der Waals surface area contributed by atoms with E-state index in [1.54, 1.807) is 23.5 Å². The van der Waals surface area contributed by atoms with Crippen LogP contribution < -0.4 is 5.32 Å². The molecule has 0 aliphatic carbocycles. The summed E-state index contributed by atoms with van der Waals surface area (Å²) in [6.45, 7) is 4.11. The molecule has 5 nitrogen and oxygen atoms in total. The molecule has 0 saturated carbocycles. The molecule has 1 aromatic carbocycles. The fourth-order valence-corrected chi connectivity index (χ4v) is 5.29. The molecule has 3 heterocycles. The maximum atomic E-state index is 13.0. The Hall–Kier alpha value is -2.36. The highest BCUT2D eigenvalue weighted by molar-refractivity contribution is 8.00. The van der Waals surface area contributed by atoms with Crippen molar-refractivity contribution in [2.75, 3.05) is 11.1 Å². The Morgan fingerprint density at radius 2 is 2.00 bits per heavy atom. The van der Waals surface area contributed by atoms with Gasteiger partial charge >= 0.3 is 0 Å². The fourth-order valence-electron chi connectivity index (χ4n) is 2.63.